The summed E-state index contributed by atoms with van der Waals surface area (Å²) in [7, 11) is 1.54. The Bertz CT molecular complexity index is 626. The number of benzene rings is 1. The van der Waals surface area contributed by atoms with Gasteiger partial charge in [-0.1, -0.05) is 6.07 Å². The zero-order valence-electron chi connectivity index (χ0n) is 11.4. The van der Waals surface area contributed by atoms with Crippen molar-refractivity contribution < 1.29 is 14.6 Å². The van der Waals surface area contributed by atoms with Crippen LogP contribution in [0.15, 0.2) is 36.4 Å². The largest absolute Gasteiger partial charge is 0.497 e. The first-order valence-corrected chi connectivity index (χ1v) is 6.18. The molecular formula is C15H16N2O3. The topological polar surface area (TPSA) is 71.5 Å². The van der Waals surface area contributed by atoms with Crippen LogP contribution < -0.4 is 10.1 Å². The number of methoxy groups -OCH3 is 1. The van der Waals surface area contributed by atoms with E-state index in [1.165, 1.54) is 6.07 Å². The van der Waals surface area contributed by atoms with Crippen molar-refractivity contribution in [1.29, 1.82) is 0 Å². The third-order valence-corrected chi connectivity index (χ3v) is 2.86. The van der Waals surface area contributed by atoms with Gasteiger partial charge in [0, 0.05) is 11.8 Å². The number of nitrogens with zero attached hydrogens (tertiary/aromatic N) is 1. The van der Waals surface area contributed by atoms with Crippen LogP contribution in [0.2, 0.25) is 0 Å². The highest BCUT2D eigenvalue weighted by Gasteiger charge is 2.11. The van der Waals surface area contributed by atoms with Gasteiger partial charge in [0.1, 0.15) is 5.75 Å². The highest BCUT2D eigenvalue weighted by molar-refractivity contribution is 5.94. The molecule has 0 saturated heterocycles. The molecule has 0 bridgehead atoms. The lowest BCUT2D eigenvalue weighted by Gasteiger charge is -2.11. The van der Waals surface area contributed by atoms with E-state index in [1.807, 2.05) is 25.1 Å². The minimum atomic E-state index is -0.979. The van der Waals surface area contributed by atoms with Crippen molar-refractivity contribution in [3.63, 3.8) is 0 Å². The van der Waals surface area contributed by atoms with E-state index in [-0.39, 0.29) is 5.56 Å². The van der Waals surface area contributed by atoms with Gasteiger partial charge in [-0.15, -0.1) is 0 Å². The van der Waals surface area contributed by atoms with Crippen LogP contribution in [-0.4, -0.2) is 23.2 Å². The third kappa shape index (κ3) is 3.26. The van der Waals surface area contributed by atoms with Gasteiger partial charge in [0.25, 0.3) is 0 Å². The number of aromatic carboxylic acids is 1. The molecule has 0 aliphatic rings. The van der Waals surface area contributed by atoms with E-state index in [1.54, 1.807) is 19.2 Å². The molecular weight excluding hydrogens is 256 g/mol. The highest BCUT2D eigenvalue weighted by atomic mass is 16.5. The maximum atomic E-state index is 11.2. The zero-order chi connectivity index (χ0) is 14.5. The number of aryl methyl sites for hydroxylation is 1. The van der Waals surface area contributed by atoms with E-state index < -0.39 is 5.97 Å². The first-order chi connectivity index (χ1) is 9.60. The Hall–Kier alpha value is -2.56. The average molecular weight is 272 g/mol. The van der Waals surface area contributed by atoms with Crippen LogP contribution in [0, 0.1) is 6.92 Å². The van der Waals surface area contributed by atoms with Gasteiger partial charge in [-0.3, -0.25) is 4.98 Å². The zero-order valence-corrected chi connectivity index (χ0v) is 11.4. The van der Waals surface area contributed by atoms with Gasteiger partial charge >= 0.3 is 5.97 Å². The lowest BCUT2D eigenvalue weighted by molar-refractivity contribution is 0.0698. The van der Waals surface area contributed by atoms with E-state index in [0.717, 1.165) is 11.4 Å². The van der Waals surface area contributed by atoms with Crippen molar-refractivity contribution in [2.75, 3.05) is 12.4 Å². The van der Waals surface area contributed by atoms with Crippen LogP contribution in [0.5, 0.6) is 5.75 Å². The normalized spacial score (nSPS) is 10.1. The Morgan fingerprint density at radius 3 is 2.80 bits per heavy atom. The van der Waals surface area contributed by atoms with E-state index in [9.17, 15) is 9.90 Å². The Morgan fingerprint density at radius 1 is 1.35 bits per heavy atom. The molecule has 0 aliphatic carbocycles. The summed E-state index contributed by atoms with van der Waals surface area (Å²) in [4.78, 5) is 15.6. The van der Waals surface area contributed by atoms with Crippen molar-refractivity contribution in [1.82, 2.24) is 4.98 Å². The van der Waals surface area contributed by atoms with Gasteiger partial charge in [-0.2, -0.15) is 0 Å². The average Bonchev–Trinajstić information content (AvgIpc) is 2.44. The molecule has 1 aromatic heterocycles. The molecule has 2 rings (SSSR count). The van der Waals surface area contributed by atoms with Crippen LogP contribution in [0.1, 0.15) is 21.7 Å². The molecule has 0 radical (unpaired) electrons. The summed E-state index contributed by atoms with van der Waals surface area (Å²) in [5.41, 5.74) is 2.50. The van der Waals surface area contributed by atoms with Gasteiger partial charge in [0.15, 0.2) is 0 Å². The number of anilines is 1. The number of carboxylic acids is 1. The number of pyridine rings is 1. The minimum absolute atomic E-state index is 0.207. The third-order valence-electron chi connectivity index (χ3n) is 2.86. The predicted octanol–water partition coefficient (Wildman–Crippen LogP) is 2.71. The Kier molecular flexibility index (Phi) is 4.20. The quantitative estimate of drug-likeness (QED) is 0.875. The molecule has 0 spiro atoms. The molecule has 0 amide bonds. The van der Waals surface area contributed by atoms with Gasteiger partial charge in [0.05, 0.1) is 30.6 Å². The molecule has 5 nitrogen and oxygen atoms in total. The number of ether oxygens (including phenoxy) is 1. The Balaban J connectivity index is 2.21. The fourth-order valence-corrected chi connectivity index (χ4v) is 1.87. The summed E-state index contributed by atoms with van der Waals surface area (Å²) in [5.74, 6) is -0.373. The number of rotatable bonds is 5. The van der Waals surface area contributed by atoms with Gasteiger partial charge in [0.2, 0.25) is 0 Å². The van der Waals surface area contributed by atoms with E-state index in [0.29, 0.717) is 18.0 Å². The second kappa shape index (κ2) is 6.06. The molecule has 2 N–H and O–H groups in total. The molecule has 0 aliphatic heterocycles. The van der Waals surface area contributed by atoms with E-state index >= 15 is 0 Å². The van der Waals surface area contributed by atoms with Crippen molar-refractivity contribution in [2.45, 2.75) is 13.5 Å². The maximum Gasteiger partial charge on any atom is 0.337 e. The minimum Gasteiger partial charge on any atom is -0.497 e. The van der Waals surface area contributed by atoms with Gasteiger partial charge in [-0.05, 0) is 31.2 Å². The number of carbonyl (C=O) groups is 1. The summed E-state index contributed by atoms with van der Waals surface area (Å²) in [6, 6.07) is 10.5. The van der Waals surface area contributed by atoms with Crippen molar-refractivity contribution >= 4 is 11.7 Å². The summed E-state index contributed by atoms with van der Waals surface area (Å²) < 4.78 is 5.11. The molecule has 2 aromatic rings. The van der Waals surface area contributed by atoms with Crippen LogP contribution >= 0.6 is 0 Å². The van der Waals surface area contributed by atoms with Crippen molar-refractivity contribution in [3.8, 4) is 5.75 Å². The molecule has 0 saturated carbocycles. The van der Waals surface area contributed by atoms with E-state index in [2.05, 4.69) is 10.3 Å². The molecule has 20 heavy (non-hydrogen) atoms. The molecule has 104 valence electrons. The SMILES string of the molecule is COc1ccc(C(=O)O)c(NCc2cccc(C)n2)c1. The summed E-state index contributed by atoms with van der Waals surface area (Å²) in [6.07, 6.45) is 0. The maximum absolute atomic E-state index is 11.2. The fourth-order valence-electron chi connectivity index (χ4n) is 1.87. The molecule has 1 aromatic carbocycles. The van der Waals surface area contributed by atoms with Gasteiger partial charge in [-0.25, -0.2) is 4.79 Å². The number of carboxylic acid groups (broad SMARTS) is 1. The second-order valence-electron chi connectivity index (χ2n) is 4.34. The highest BCUT2D eigenvalue weighted by Crippen LogP contribution is 2.23. The molecule has 1 heterocycles. The van der Waals surface area contributed by atoms with Crippen molar-refractivity contribution in [2.24, 2.45) is 0 Å². The molecule has 0 fully saturated rings. The summed E-state index contributed by atoms with van der Waals surface area (Å²) in [5, 5.41) is 12.3. The number of nitrogens with one attached hydrogen (secondary N) is 1. The van der Waals surface area contributed by atoms with Gasteiger partial charge < -0.3 is 15.2 Å². The Morgan fingerprint density at radius 2 is 2.15 bits per heavy atom. The molecule has 0 unspecified atom stereocenters. The molecule has 0 atom stereocenters. The smallest absolute Gasteiger partial charge is 0.337 e. The number of hydrogen-bond acceptors (Lipinski definition) is 4. The van der Waals surface area contributed by atoms with Crippen LogP contribution in [0.25, 0.3) is 0 Å². The number of aromatic nitrogens is 1. The van der Waals surface area contributed by atoms with Crippen molar-refractivity contribution in [3.05, 3.63) is 53.3 Å². The second-order valence-corrected chi connectivity index (χ2v) is 4.34. The Labute approximate surface area is 117 Å². The first kappa shape index (κ1) is 13.9. The standard InChI is InChI=1S/C15H16N2O3/c1-10-4-3-5-11(17-10)9-16-14-8-12(20-2)6-7-13(14)15(18)19/h3-8,16H,9H2,1-2H3,(H,18,19). The van der Waals surface area contributed by atoms with Crippen LogP contribution in [0.3, 0.4) is 0 Å². The summed E-state index contributed by atoms with van der Waals surface area (Å²) in [6.45, 7) is 2.37. The van der Waals surface area contributed by atoms with Crippen LogP contribution in [0.4, 0.5) is 5.69 Å². The summed E-state index contributed by atoms with van der Waals surface area (Å²) >= 11 is 0. The predicted molar refractivity (Wildman–Crippen MR) is 76.3 cm³/mol. The fraction of sp³-hybridized carbons (Fsp3) is 0.200. The lowest BCUT2D eigenvalue weighted by Crippen LogP contribution is -2.08. The molecule has 5 heteroatoms. The number of hydrogen-bond donors (Lipinski definition) is 2. The first-order valence-electron chi connectivity index (χ1n) is 6.18. The van der Waals surface area contributed by atoms with Crippen LogP contribution in [-0.2, 0) is 6.54 Å². The lowest BCUT2D eigenvalue weighted by atomic mass is 10.1. The monoisotopic (exact) mass is 272 g/mol. The van der Waals surface area contributed by atoms with E-state index in [4.69, 9.17) is 4.74 Å².